The van der Waals surface area contributed by atoms with Crippen LogP contribution in [-0.2, 0) is 11.3 Å². The van der Waals surface area contributed by atoms with E-state index in [9.17, 15) is 9.59 Å². The van der Waals surface area contributed by atoms with Gasteiger partial charge in [0.25, 0.3) is 0 Å². The Balaban J connectivity index is 2.34. The predicted octanol–water partition coefficient (Wildman–Crippen LogP) is 4.24. The Morgan fingerprint density at radius 1 is 1.09 bits per heavy atom. The second-order valence-electron chi connectivity index (χ2n) is 4.71. The highest BCUT2D eigenvalue weighted by molar-refractivity contribution is 6.42. The van der Waals surface area contributed by atoms with Gasteiger partial charge >= 0.3 is 5.97 Å². The molecule has 0 aromatic heterocycles. The Kier molecular flexibility index (Phi) is 5.06. The molecule has 2 aromatic carbocycles. The number of nitrogens with zero attached hydrogens (tertiary/aromatic N) is 1. The van der Waals surface area contributed by atoms with Gasteiger partial charge in [0.15, 0.2) is 0 Å². The summed E-state index contributed by atoms with van der Waals surface area (Å²) in [5.74, 6) is -1.24. The van der Waals surface area contributed by atoms with E-state index in [0.29, 0.717) is 15.7 Å². The minimum absolute atomic E-state index is 0.123. The molecule has 0 saturated heterocycles. The minimum atomic E-state index is -1.04. The first-order chi connectivity index (χ1) is 10.4. The van der Waals surface area contributed by atoms with E-state index in [0.717, 1.165) is 5.56 Å². The zero-order valence-corrected chi connectivity index (χ0v) is 13.2. The number of carboxylic acid groups (broad SMARTS) is 1. The van der Waals surface area contributed by atoms with Gasteiger partial charge in [-0.3, -0.25) is 4.79 Å². The number of carbonyl (C=O) groups is 2. The number of benzene rings is 2. The lowest BCUT2D eigenvalue weighted by molar-refractivity contribution is -0.116. The number of aromatic carboxylic acids is 1. The third-order valence-corrected chi connectivity index (χ3v) is 3.85. The fraction of sp³-hybridized carbons (Fsp3) is 0.125. The fourth-order valence-corrected chi connectivity index (χ4v) is 2.33. The molecule has 4 nitrogen and oxygen atoms in total. The van der Waals surface area contributed by atoms with Crippen LogP contribution in [0.3, 0.4) is 0 Å². The molecule has 114 valence electrons. The van der Waals surface area contributed by atoms with Gasteiger partial charge in [0.05, 0.1) is 22.2 Å². The van der Waals surface area contributed by atoms with Gasteiger partial charge in [-0.1, -0.05) is 35.3 Å². The number of amides is 1. The molecule has 22 heavy (non-hydrogen) atoms. The number of carbonyl (C=O) groups excluding carboxylic acids is 1. The van der Waals surface area contributed by atoms with E-state index in [4.69, 9.17) is 28.3 Å². The summed E-state index contributed by atoms with van der Waals surface area (Å²) in [6, 6.07) is 11.3. The van der Waals surface area contributed by atoms with Crippen molar-refractivity contribution in [3.63, 3.8) is 0 Å². The van der Waals surface area contributed by atoms with Gasteiger partial charge in [-0.25, -0.2) is 4.79 Å². The van der Waals surface area contributed by atoms with Crippen molar-refractivity contribution in [3.8, 4) is 0 Å². The zero-order valence-electron chi connectivity index (χ0n) is 11.7. The van der Waals surface area contributed by atoms with Crippen LogP contribution in [0.4, 0.5) is 5.69 Å². The Labute approximate surface area is 137 Å². The second-order valence-corrected chi connectivity index (χ2v) is 5.52. The molecular formula is C16H13Cl2NO3. The summed E-state index contributed by atoms with van der Waals surface area (Å²) in [6.07, 6.45) is 0. The Morgan fingerprint density at radius 2 is 1.82 bits per heavy atom. The summed E-state index contributed by atoms with van der Waals surface area (Å²) in [4.78, 5) is 24.4. The number of carboxylic acids is 1. The average Bonchev–Trinajstić information content (AvgIpc) is 2.48. The van der Waals surface area contributed by atoms with Crippen LogP contribution < -0.4 is 4.90 Å². The zero-order chi connectivity index (χ0) is 16.3. The van der Waals surface area contributed by atoms with Crippen LogP contribution in [0, 0.1) is 0 Å². The number of anilines is 1. The summed E-state index contributed by atoms with van der Waals surface area (Å²) in [5, 5.41) is 9.89. The molecule has 0 bridgehead atoms. The van der Waals surface area contributed by atoms with Gasteiger partial charge < -0.3 is 10.0 Å². The molecule has 0 radical (unpaired) electrons. The second kappa shape index (κ2) is 6.81. The quantitative estimate of drug-likeness (QED) is 0.907. The SMILES string of the molecule is CC(=O)N(Cc1ccc(Cl)c(Cl)c1)c1cccc(C(=O)O)c1. The van der Waals surface area contributed by atoms with Crippen molar-refractivity contribution in [3.05, 3.63) is 63.6 Å². The highest BCUT2D eigenvalue weighted by atomic mass is 35.5. The first-order valence-corrected chi connectivity index (χ1v) is 7.19. The maximum Gasteiger partial charge on any atom is 0.335 e. The third kappa shape index (κ3) is 3.78. The molecule has 2 aromatic rings. The summed E-state index contributed by atoms with van der Waals surface area (Å²) in [6.45, 7) is 1.69. The van der Waals surface area contributed by atoms with Gasteiger partial charge in [0, 0.05) is 12.6 Å². The molecular weight excluding hydrogens is 325 g/mol. The molecule has 0 spiro atoms. The monoisotopic (exact) mass is 337 g/mol. The van der Waals surface area contributed by atoms with E-state index in [1.165, 1.54) is 24.0 Å². The number of hydrogen-bond donors (Lipinski definition) is 1. The van der Waals surface area contributed by atoms with E-state index in [1.807, 2.05) is 0 Å². The van der Waals surface area contributed by atoms with Crippen LogP contribution >= 0.6 is 23.2 Å². The van der Waals surface area contributed by atoms with Crippen LogP contribution in [-0.4, -0.2) is 17.0 Å². The molecule has 2 rings (SSSR count). The van der Waals surface area contributed by atoms with Gasteiger partial charge in [0.1, 0.15) is 0 Å². The topological polar surface area (TPSA) is 57.6 Å². The van der Waals surface area contributed by atoms with Crippen LogP contribution in [0.1, 0.15) is 22.8 Å². The van der Waals surface area contributed by atoms with E-state index in [2.05, 4.69) is 0 Å². The first kappa shape index (κ1) is 16.3. The van der Waals surface area contributed by atoms with Crippen molar-refractivity contribution in [2.75, 3.05) is 4.90 Å². The highest BCUT2D eigenvalue weighted by Crippen LogP contribution is 2.25. The van der Waals surface area contributed by atoms with E-state index in [1.54, 1.807) is 30.3 Å². The fourth-order valence-electron chi connectivity index (χ4n) is 2.01. The number of rotatable bonds is 4. The maximum absolute atomic E-state index is 11.9. The molecule has 6 heteroatoms. The molecule has 0 aliphatic heterocycles. The van der Waals surface area contributed by atoms with E-state index in [-0.39, 0.29) is 18.0 Å². The van der Waals surface area contributed by atoms with Crippen molar-refractivity contribution in [1.82, 2.24) is 0 Å². The number of halogens is 2. The van der Waals surface area contributed by atoms with Crippen LogP contribution in [0.2, 0.25) is 10.0 Å². The highest BCUT2D eigenvalue weighted by Gasteiger charge is 2.14. The molecule has 0 aliphatic carbocycles. The molecule has 0 heterocycles. The Morgan fingerprint density at radius 3 is 2.41 bits per heavy atom. The molecule has 0 atom stereocenters. The van der Waals surface area contributed by atoms with Crippen molar-refractivity contribution >= 4 is 40.8 Å². The summed E-state index contributed by atoms with van der Waals surface area (Å²) in [5.41, 5.74) is 1.43. The lowest BCUT2D eigenvalue weighted by atomic mass is 10.1. The molecule has 0 unspecified atom stereocenters. The third-order valence-electron chi connectivity index (χ3n) is 3.11. The van der Waals surface area contributed by atoms with Crippen LogP contribution in [0.25, 0.3) is 0 Å². The van der Waals surface area contributed by atoms with Crippen LogP contribution in [0.5, 0.6) is 0 Å². The lowest BCUT2D eigenvalue weighted by Gasteiger charge is -2.22. The largest absolute Gasteiger partial charge is 0.478 e. The average molecular weight is 338 g/mol. The standard InChI is InChI=1S/C16H13Cl2NO3/c1-10(20)19(9-11-5-6-14(17)15(18)7-11)13-4-2-3-12(8-13)16(21)22/h2-8H,9H2,1H3,(H,21,22). The molecule has 1 amide bonds. The van der Waals surface area contributed by atoms with Gasteiger partial charge in [-0.2, -0.15) is 0 Å². The molecule has 0 saturated carbocycles. The normalized spacial score (nSPS) is 10.3. The van der Waals surface area contributed by atoms with Gasteiger partial charge in [0.2, 0.25) is 5.91 Å². The van der Waals surface area contributed by atoms with Crippen LogP contribution in [0.15, 0.2) is 42.5 Å². The molecule has 0 aliphatic rings. The predicted molar refractivity (Wildman–Crippen MR) is 86.7 cm³/mol. The van der Waals surface area contributed by atoms with E-state index >= 15 is 0 Å². The minimum Gasteiger partial charge on any atom is -0.478 e. The number of hydrogen-bond acceptors (Lipinski definition) is 2. The Bertz CT molecular complexity index is 731. The smallest absolute Gasteiger partial charge is 0.335 e. The van der Waals surface area contributed by atoms with Crippen molar-refractivity contribution in [2.24, 2.45) is 0 Å². The summed E-state index contributed by atoms with van der Waals surface area (Å²) >= 11 is 11.9. The molecule has 0 fully saturated rings. The summed E-state index contributed by atoms with van der Waals surface area (Å²) in [7, 11) is 0. The van der Waals surface area contributed by atoms with Gasteiger partial charge in [-0.05, 0) is 35.9 Å². The van der Waals surface area contributed by atoms with Crippen molar-refractivity contribution < 1.29 is 14.7 Å². The van der Waals surface area contributed by atoms with E-state index < -0.39 is 5.97 Å². The van der Waals surface area contributed by atoms with Gasteiger partial charge in [-0.15, -0.1) is 0 Å². The van der Waals surface area contributed by atoms with Crippen molar-refractivity contribution in [1.29, 1.82) is 0 Å². The maximum atomic E-state index is 11.9. The Hall–Kier alpha value is -2.04. The summed E-state index contributed by atoms with van der Waals surface area (Å²) < 4.78 is 0. The molecule has 1 N–H and O–H groups in total. The van der Waals surface area contributed by atoms with Crippen molar-refractivity contribution in [2.45, 2.75) is 13.5 Å². The first-order valence-electron chi connectivity index (χ1n) is 6.44. The lowest BCUT2D eigenvalue weighted by Crippen LogP contribution is -2.28.